The summed E-state index contributed by atoms with van der Waals surface area (Å²) in [5.41, 5.74) is 1.36. The third kappa shape index (κ3) is 2.82. The third-order valence-corrected chi connectivity index (χ3v) is 2.38. The van der Waals surface area contributed by atoms with Crippen molar-refractivity contribution in [3.8, 4) is 5.88 Å². The van der Waals surface area contributed by atoms with Gasteiger partial charge in [-0.05, 0) is 23.8 Å². The van der Waals surface area contributed by atoms with Crippen molar-refractivity contribution >= 4 is 5.91 Å². The number of methoxy groups -OCH3 is 1. The maximum absolute atomic E-state index is 11.9. The van der Waals surface area contributed by atoms with E-state index >= 15 is 0 Å². The highest BCUT2D eigenvalue weighted by molar-refractivity contribution is 5.96. The normalized spacial score (nSPS) is 9.83. The van der Waals surface area contributed by atoms with Crippen LogP contribution in [0.4, 0.5) is 0 Å². The highest BCUT2D eigenvalue weighted by Crippen LogP contribution is 2.13. The van der Waals surface area contributed by atoms with Gasteiger partial charge in [0.05, 0.1) is 7.11 Å². The number of nitrogens with one attached hydrogen (secondary N) is 1. The first-order valence-electron chi connectivity index (χ1n) is 5.47. The molecule has 2 aromatic rings. The van der Waals surface area contributed by atoms with Gasteiger partial charge in [0, 0.05) is 25.1 Å². The Kier molecular flexibility index (Phi) is 3.86. The standard InChI is InChI=1S/C13H13N3O2/c1-18-13-11(5-3-7-15-13)12(17)16-9-10-4-2-6-14-8-10/h2-8H,9H2,1H3,(H,16,17). The number of hydrogen-bond acceptors (Lipinski definition) is 4. The molecule has 5 nitrogen and oxygen atoms in total. The molecule has 18 heavy (non-hydrogen) atoms. The van der Waals surface area contributed by atoms with E-state index in [1.54, 1.807) is 30.7 Å². The maximum atomic E-state index is 11.9. The minimum atomic E-state index is -0.219. The SMILES string of the molecule is COc1ncccc1C(=O)NCc1cccnc1. The highest BCUT2D eigenvalue weighted by Gasteiger charge is 2.11. The lowest BCUT2D eigenvalue weighted by Crippen LogP contribution is -2.23. The van der Waals surface area contributed by atoms with Crippen molar-refractivity contribution in [3.05, 3.63) is 54.0 Å². The molecule has 0 atom stereocenters. The van der Waals surface area contributed by atoms with Gasteiger partial charge in [0.25, 0.3) is 5.91 Å². The summed E-state index contributed by atoms with van der Waals surface area (Å²) in [5.74, 6) is 0.102. The van der Waals surface area contributed by atoms with Gasteiger partial charge in [0.15, 0.2) is 0 Å². The Bertz CT molecular complexity index is 529. The molecule has 0 bridgehead atoms. The Morgan fingerprint density at radius 2 is 2.17 bits per heavy atom. The van der Waals surface area contributed by atoms with Crippen LogP contribution < -0.4 is 10.1 Å². The number of carbonyl (C=O) groups excluding carboxylic acids is 1. The first kappa shape index (κ1) is 12.0. The fraction of sp³-hybridized carbons (Fsp3) is 0.154. The van der Waals surface area contributed by atoms with Crippen LogP contribution in [0.5, 0.6) is 5.88 Å². The van der Waals surface area contributed by atoms with Crippen LogP contribution in [0.1, 0.15) is 15.9 Å². The van der Waals surface area contributed by atoms with E-state index in [0.717, 1.165) is 5.56 Å². The zero-order chi connectivity index (χ0) is 12.8. The molecule has 2 heterocycles. The van der Waals surface area contributed by atoms with Crippen LogP contribution >= 0.6 is 0 Å². The van der Waals surface area contributed by atoms with Gasteiger partial charge in [0.1, 0.15) is 5.56 Å². The van der Waals surface area contributed by atoms with Crippen LogP contribution in [0.25, 0.3) is 0 Å². The third-order valence-electron chi connectivity index (χ3n) is 2.38. The van der Waals surface area contributed by atoms with Crippen LogP contribution in [0.15, 0.2) is 42.9 Å². The molecule has 0 radical (unpaired) electrons. The van der Waals surface area contributed by atoms with Gasteiger partial charge < -0.3 is 10.1 Å². The molecule has 2 aromatic heterocycles. The molecule has 0 fully saturated rings. The van der Waals surface area contributed by atoms with Crippen LogP contribution in [-0.4, -0.2) is 23.0 Å². The van der Waals surface area contributed by atoms with Gasteiger partial charge in [-0.1, -0.05) is 6.07 Å². The Morgan fingerprint density at radius 3 is 2.89 bits per heavy atom. The van der Waals surface area contributed by atoms with E-state index in [1.165, 1.54) is 7.11 Å². The average Bonchev–Trinajstić information content (AvgIpc) is 2.45. The van der Waals surface area contributed by atoms with Crippen LogP contribution in [0.2, 0.25) is 0 Å². The van der Waals surface area contributed by atoms with Gasteiger partial charge in [-0.3, -0.25) is 9.78 Å². The monoisotopic (exact) mass is 243 g/mol. The second kappa shape index (κ2) is 5.77. The summed E-state index contributed by atoms with van der Waals surface area (Å²) in [4.78, 5) is 19.9. The smallest absolute Gasteiger partial charge is 0.257 e. The van der Waals surface area contributed by atoms with Crippen molar-refractivity contribution in [1.29, 1.82) is 0 Å². The summed E-state index contributed by atoms with van der Waals surface area (Å²) < 4.78 is 5.03. The van der Waals surface area contributed by atoms with E-state index in [1.807, 2.05) is 12.1 Å². The van der Waals surface area contributed by atoms with Crippen molar-refractivity contribution in [3.63, 3.8) is 0 Å². The minimum absolute atomic E-state index is 0.219. The molecule has 92 valence electrons. The van der Waals surface area contributed by atoms with Crippen molar-refractivity contribution in [2.75, 3.05) is 7.11 Å². The fourth-order valence-electron chi connectivity index (χ4n) is 1.51. The van der Waals surface area contributed by atoms with Crippen molar-refractivity contribution < 1.29 is 9.53 Å². The first-order chi connectivity index (χ1) is 8.81. The lowest BCUT2D eigenvalue weighted by atomic mass is 10.2. The molecular weight excluding hydrogens is 230 g/mol. The molecule has 5 heteroatoms. The molecule has 1 amide bonds. The summed E-state index contributed by atoms with van der Waals surface area (Å²) in [5, 5.41) is 2.79. The molecule has 0 unspecified atom stereocenters. The number of aromatic nitrogens is 2. The average molecular weight is 243 g/mol. The molecule has 0 saturated carbocycles. The van der Waals surface area contributed by atoms with Crippen LogP contribution in [-0.2, 0) is 6.54 Å². The molecule has 0 aliphatic heterocycles. The molecule has 0 spiro atoms. The topological polar surface area (TPSA) is 64.1 Å². The number of ether oxygens (including phenoxy) is 1. The van der Waals surface area contributed by atoms with Crippen LogP contribution in [0.3, 0.4) is 0 Å². The molecule has 0 saturated heterocycles. The number of pyridine rings is 2. The largest absolute Gasteiger partial charge is 0.480 e. The van der Waals surface area contributed by atoms with Crippen LogP contribution in [0, 0.1) is 0 Å². The Balaban J connectivity index is 2.04. The van der Waals surface area contributed by atoms with Gasteiger partial charge in [-0.2, -0.15) is 0 Å². The predicted octanol–water partition coefficient (Wildman–Crippen LogP) is 1.42. The number of amides is 1. The summed E-state index contributed by atoms with van der Waals surface area (Å²) in [6.07, 6.45) is 4.98. The van der Waals surface area contributed by atoms with E-state index in [9.17, 15) is 4.79 Å². The lowest BCUT2D eigenvalue weighted by molar-refractivity contribution is 0.0947. The maximum Gasteiger partial charge on any atom is 0.257 e. The van der Waals surface area contributed by atoms with Gasteiger partial charge >= 0.3 is 0 Å². The van der Waals surface area contributed by atoms with E-state index in [2.05, 4.69) is 15.3 Å². The fourth-order valence-corrected chi connectivity index (χ4v) is 1.51. The zero-order valence-electron chi connectivity index (χ0n) is 9.96. The van der Waals surface area contributed by atoms with E-state index < -0.39 is 0 Å². The molecule has 0 aliphatic rings. The van der Waals surface area contributed by atoms with E-state index in [0.29, 0.717) is 18.0 Å². The van der Waals surface area contributed by atoms with E-state index in [-0.39, 0.29) is 5.91 Å². The van der Waals surface area contributed by atoms with Crippen molar-refractivity contribution in [1.82, 2.24) is 15.3 Å². The Labute approximate surface area is 105 Å². The second-order valence-corrected chi connectivity index (χ2v) is 3.60. The zero-order valence-corrected chi connectivity index (χ0v) is 9.96. The lowest BCUT2D eigenvalue weighted by Gasteiger charge is -2.07. The van der Waals surface area contributed by atoms with Gasteiger partial charge in [0.2, 0.25) is 5.88 Å². The summed E-state index contributed by atoms with van der Waals surface area (Å²) >= 11 is 0. The van der Waals surface area contributed by atoms with E-state index in [4.69, 9.17) is 4.74 Å². The van der Waals surface area contributed by atoms with Gasteiger partial charge in [-0.15, -0.1) is 0 Å². The summed E-state index contributed by atoms with van der Waals surface area (Å²) in [6, 6.07) is 7.09. The van der Waals surface area contributed by atoms with Crippen molar-refractivity contribution in [2.24, 2.45) is 0 Å². The highest BCUT2D eigenvalue weighted by atomic mass is 16.5. The molecule has 0 aliphatic carbocycles. The Morgan fingerprint density at radius 1 is 1.33 bits per heavy atom. The van der Waals surface area contributed by atoms with Crippen molar-refractivity contribution in [2.45, 2.75) is 6.54 Å². The first-order valence-corrected chi connectivity index (χ1v) is 5.47. The Hall–Kier alpha value is -2.43. The molecule has 1 N–H and O–H groups in total. The second-order valence-electron chi connectivity index (χ2n) is 3.60. The molecule has 2 rings (SSSR count). The number of carbonyl (C=O) groups is 1. The summed E-state index contributed by atoms with van der Waals surface area (Å²) in [7, 11) is 1.49. The van der Waals surface area contributed by atoms with Gasteiger partial charge in [-0.25, -0.2) is 4.98 Å². The quantitative estimate of drug-likeness (QED) is 0.882. The summed E-state index contributed by atoms with van der Waals surface area (Å²) in [6.45, 7) is 0.421. The predicted molar refractivity (Wildman–Crippen MR) is 66.2 cm³/mol. The number of hydrogen-bond donors (Lipinski definition) is 1. The minimum Gasteiger partial charge on any atom is -0.480 e. The molecular formula is C13H13N3O2. The number of rotatable bonds is 4. The molecule has 0 aromatic carbocycles. The number of nitrogens with zero attached hydrogens (tertiary/aromatic N) is 2.